The summed E-state index contributed by atoms with van der Waals surface area (Å²) < 4.78 is 0. The van der Waals surface area contributed by atoms with E-state index in [-0.39, 0.29) is 0 Å². The highest BCUT2D eigenvalue weighted by molar-refractivity contribution is 5.25. The van der Waals surface area contributed by atoms with E-state index in [1.165, 1.54) is 49.9 Å². The highest BCUT2D eigenvalue weighted by atomic mass is 15.1. The Balaban J connectivity index is 1.82. The summed E-state index contributed by atoms with van der Waals surface area (Å²) in [5, 5.41) is 0. The third kappa shape index (κ3) is 4.32. The molecular formula is C18H30N2. The molecule has 0 amide bonds. The normalized spacial score (nSPS) is 19.1. The Kier molecular flexibility index (Phi) is 6.06. The van der Waals surface area contributed by atoms with Crippen LogP contribution < -0.4 is 5.73 Å². The smallest absolute Gasteiger partial charge is 0.0233 e. The molecule has 20 heavy (non-hydrogen) atoms. The minimum atomic E-state index is 0.467. The molecule has 1 unspecified atom stereocenters. The van der Waals surface area contributed by atoms with Gasteiger partial charge in [-0.3, -0.25) is 4.90 Å². The number of rotatable bonds is 6. The lowest BCUT2D eigenvalue weighted by molar-refractivity contribution is 0.172. The van der Waals surface area contributed by atoms with Crippen LogP contribution in [0.15, 0.2) is 24.3 Å². The third-order valence-corrected chi connectivity index (χ3v) is 4.71. The van der Waals surface area contributed by atoms with E-state index in [2.05, 4.69) is 43.0 Å². The molecule has 1 saturated heterocycles. The van der Waals surface area contributed by atoms with Gasteiger partial charge < -0.3 is 5.73 Å². The average Bonchev–Trinajstić information content (AvgIpc) is 2.49. The van der Waals surface area contributed by atoms with E-state index in [1.807, 2.05) is 0 Å². The van der Waals surface area contributed by atoms with Crippen molar-refractivity contribution in [3.05, 3.63) is 35.4 Å². The third-order valence-electron chi connectivity index (χ3n) is 4.71. The molecule has 0 radical (unpaired) electrons. The Morgan fingerprint density at radius 2 is 1.85 bits per heavy atom. The van der Waals surface area contributed by atoms with Crippen LogP contribution in [0.25, 0.3) is 0 Å². The Hall–Kier alpha value is -0.860. The molecule has 2 nitrogen and oxygen atoms in total. The molecule has 1 heterocycles. The second-order valence-corrected chi connectivity index (χ2v) is 6.39. The fraction of sp³-hybridized carbons (Fsp3) is 0.667. The maximum atomic E-state index is 5.72. The number of nitrogens with two attached hydrogens (primary N) is 1. The monoisotopic (exact) mass is 274 g/mol. The van der Waals surface area contributed by atoms with E-state index in [9.17, 15) is 0 Å². The van der Waals surface area contributed by atoms with Gasteiger partial charge in [0, 0.05) is 6.54 Å². The quantitative estimate of drug-likeness (QED) is 0.856. The first-order valence-electron chi connectivity index (χ1n) is 8.24. The molecule has 0 spiro atoms. The lowest BCUT2D eigenvalue weighted by atomic mass is 9.92. The Labute approximate surface area is 124 Å². The van der Waals surface area contributed by atoms with Gasteiger partial charge in [0.15, 0.2) is 0 Å². The van der Waals surface area contributed by atoms with Crippen molar-refractivity contribution in [3.8, 4) is 0 Å². The molecule has 2 N–H and O–H groups in total. The van der Waals surface area contributed by atoms with E-state index >= 15 is 0 Å². The maximum Gasteiger partial charge on any atom is 0.0233 e. The van der Waals surface area contributed by atoms with Crippen molar-refractivity contribution in [2.45, 2.75) is 52.0 Å². The Morgan fingerprint density at radius 3 is 2.40 bits per heavy atom. The molecule has 1 fully saturated rings. The molecule has 1 atom stereocenters. The van der Waals surface area contributed by atoms with Gasteiger partial charge >= 0.3 is 0 Å². The Morgan fingerprint density at radius 1 is 1.20 bits per heavy atom. The van der Waals surface area contributed by atoms with Gasteiger partial charge in [-0.15, -0.1) is 0 Å². The zero-order valence-corrected chi connectivity index (χ0v) is 13.1. The number of piperidine rings is 1. The second-order valence-electron chi connectivity index (χ2n) is 6.39. The van der Waals surface area contributed by atoms with E-state index < -0.39 is 0 Å². The number of hydrogen-bond donors (Lipinski definition) is 1. The molecule has 112 valence electrons. The first-order chi connectivity index (χ1) is 9.72. The molecule has 0 aliphatic carbocycles. The standard InChI is InChI=1S/C18H30N2/c1-3-4-16-9-11-20(12-10-16)14-17-5-7-18(8-6-17)15(2)13-19/h5-8,15-16H,3-4,9-14,19H2,1-2H3. The first kappa shape index (κ1) is 15.5. The molecule has 0 saturated carbocycles. The van der Waals surface area contributed by atoms with E-state index in [0.29, 0.717) is 5.92 Å². The van der Waals surface area contributed by atoms with Gasteiger partial charge in [0.2, 0.25) is 0 Å². The van der Waals surface area contributed by atoms with Gasteiger partial charge in [-0.1, -0.05) is 51.0 Å². The van der Waals surface area contributed by atoms with Crippen LogP contribution in [0, 0.1) is 5.92 Å². The van der Waals surface area contributed by atoms with Gasteiger partial charge in [-0.25, -0.2) is 0 Å². The largest absolute Gasteiger partial charge is 0.330 e. The van der Waals surface area contributed by atoms with Crippen molar-refractivity contribution in [1.29, 1.82) is 0 Å². The summed E-state index contributed by atoms with van der Waals surface area (Å²) in [4.78, 5) is 2.60. The predicted octanol–water partition coefficient (Wildman–Crippen LogP) is 3.76. The molecule has 0 aromatic heterocycles. The van der Waals surface area contributed by atoms with E-state index in [0.717, 1.165) is 19.0 Å². The molecule has 1 aliphatic rings. The molecule has 0 bridgehead atoms. The van der Waals surface area contributed by atoms with Crippen molar-refractivity contribution in [2.75, 3.05) is 19.6 Å². The summed E-state index contributed by atoms with van der Waals surface area (Å²) in [6.45, 7) is 8.86. The highest BCUT2D eigenvalue weighted by Crippen LogP contribution is 2.23. The predicted molar refractivity (Wildman–Crippen MR) is 86.8 cm³/mol. The number of benzene rings is 1. The van der Waals surface area contributed by atoms with Gasteiger partial charge in [0.25, 0.3) is 0 Å². The van der Waals surface area contributed by atoms with Gasteiger partial charge in [-0.05, 0) is 55.4 Å². The molecule has 2 heteroatoms. The SMILES string of the molecule is CCCC1CCN(Cc2ccc(C(C)CN)cc2)CC1. The zero-order chi connectivity index (χ0) is 14.4. The summed E-state index contributed by atoms with van der Waals surface area (Å²) in [7, 11) is 0. The van der Waals surface area contributed by atoms with Crippen molar-refractivity contribution < 1.29 is 0 Å². The molecule has 2 rings (SSSR count). The lowest BCUT2D eigenvalue weighted by Gasteiger charge is -2.31. The molecular weight excluding hydrogens is 244 g/mol. The maximum absolute atomic E-state index is 5.72. The molecule has 1 aromatic rings. The van der Waals surface area contributed by atoms with Crippen molar-refractivity contribution >= 4 is 0 Å². The van der Waals surface area contributed by atoms with Crippen LogP contribution in [-0.2, 0) is 6.54 Å². The van der Waals surface area contributed by atoms with Gasteiger partial charge in [-0.2, -0.15) is 0 Å². The van der Waals surface area contributed by atoms with Crippen LogP contribution in [0.5, 0.6) is 0 Å². The number of hydrogen-bond acceptors (Lipinski definition) is 2. The van der Waals surface area contributed by atoms with Crippen molar-refractivity contribution in [1.82, 2.24) is 4.90 Å². The topological polar surface area (TPSA) is 29.3 Å². The van der Waals surface area contributed by atoms with Gasteiger partial charge in [0.05, 0.1) is 0 Å². The summed E-state index contributed by atoms with van der Waals surface area (Å²) >= 11 is 0. The van der Waals surface area contributed by atoms with Crippen LogP contribution in [0.1, 0.15) is 56.6 Å². The molecule has 1 aliphatic heterocycles. The van der Waals surface area contributed by atoms with Crippen LogP contribution in [0.4, 0.5) is 0 Å². The van der Waals surface area contributed by atoms with E-state index in [4.69, 9.17) is 5.73 Å². The number of nitrogens with zero attached hydrogens (tertiary/aromatic N) is 1. The van der Waals surface area contributed by atoms with Crippen molar-refractivity contribution in [2.24, 2.45) is 11.7 Å². The van der Waals surface area contributed by atoms with E-state index in [1.54, 1.807) is 0 Å². The summed E-state index contributed by atoms with van der Waals surface area (Å²) in [6.07, 6.45) is 5.53. The molecule has 1 aromatic carbocycles. The van der Waals surface area contributed by atoms with Crippen LogP contribution in [0.2, 0.25) is 0 Å². The fourth-order valence-corrected chi connectivity index (χ4v) is 3.19. The minimum Gasteiger partial charge on any atom is -0.330 e. The van der Waals surface area contributed by atoms with Crippen LogP contribution in [-0.4, -0.2) is 24.5 Å². The lowest BCUT2D eigenvalue weighted by Crippen LogP contribution is -2.33. The average molecular weight is 274 g/mol. The summed E-state index contributed by atoms with van der Waals surface area (Å²) in [5.41, 5.74) is 8.52. The fourth-order valence-electron chi connectivity index (χ4n) is 3.19. The summed E-state index contributed by atoms with van der Waals surface area (Å²) in [5.74, 6) is 1.44. The Bertz CT molecular complexity index is 377. The van der Waals surface area contributed by atoms with Gasteiger partial charge in [0.1, 0.15) is 0 Å². The summed E-state index contributed by atoms with van der Waals surface area (Å²) in [6, 6.07) is 9.05. The van der Waals surface area contributed by atoms with Crippen molar-refractivity contribution in [3.63, 3.8) is 0 Å². The van der Waals surface area contributed by atoms with Crippen LogP contribution in [0.3, 0.4) is 0 Å². The first-order valence-corrected chi connectivity index (χ1v) is 8.24. The van der Waals surface area contributed by atoms with Crippen LogP contribution >= 0.6 is 0 Å². The highest BCUT2D eigenvalue weighted by Gasteiger charge is 2.18. The zero-order valence-electron chi connectivity index (χ0n) is 13.1. The number of likely N-dealkylation sites (tertiary alicyclic amines) is 1. The minimum absolute atomic E-state index is 0.467. The second kappa shape index (κ2) is 7.80.